The third-order valence-electron chi connectivity index (χ3n) is 4.08. The molecular weight excluding hydrogens is 274 g/mol. The van der Waals surface area contributed by atoms with E-state index in [-0.39, 0.29) is 0 Å². The molecular formula is C14H23N3O2S. The first-order valence-electron chi connectivity index (χ1n) is 6.95. The Morgan fingerprint density at radius 2 is 1.85 bits per heavy atom. The van der Waals surface area contributed by atoms with Crippen molar-refractivity contribution in [3.8, 4) is 0 Å². The van der Waals surface area contributed by atoms with Gasteiger partial charge in [-0.3, -0.25) is 4.72 Å². The second-order valence-corrected chi connectivity index (χ2v) is 7.33. The summed E-state index contributed by atoms with van der Waals surface area (Å²) in [6.07, 6.45) is 1.81. The lowest BCUT2D eigenvalue weighted by molar-refractivity contribution is 0.289. The van der Waals surface area contributed by atoms with E-state index in [1.807, 2.05) is 19.9 Å². The van der Waals surface area contributed by atoms with Crippen LogP contribution in [0.5, 0.6) is 0 Å². The molecule has 0 spiro atoms. The first-order valence-corrected chi connectivity index (χ1v) is 8.39. The maximum atomic E-state index is 12.4. The molecule has 3 N–H and O–H groups in total. The molecule has 20 heavy (non-hydrogen) atoms. The van der Waals surface area contributed by atoms with Crippen molar-refractivity contribution in [1.29, 1.82) is 0 Å². The number of nitrogens with two attached hydrogens (primary N) is 1. The van der Waals surface area contributed by atoms with Crippen LogP contribution >= 0.6 is 0 Å². The van der Waals surface area contributed by atoms with Crippen molar-refractivity contribution in [3.05, 3.63) is 23.3 Å². The molecule has 0 aliphatic carbocycles. The van der Waals surface area contributed by atoms with Crippen LogP contribution in [-0.4, -0.2) is 25.8 Å². The average Bonchev–Trinajstić information content (AvgIpc) is 2.40. The standard InChI is InChI=1S/C14H23N3O2S/c1-10-6-8-17(9-7-10)20(18,19)16-14-12(3)11(2)4-5-13(14)15/h4-5,10,16H,6-9,15H2,1-3H3. The SMILES string of the molecule is Cc1ccc(N)c(NS(=O)(=O)N2CCC(C)CC2)c1C. The van der Waals surface area contributed by atoms with Gasteiger partial charge in [-0.05, 0) is 49.8 Å². The Hall–Kier alpha value is -1.27. The lowest BCUT2D eigenvalue weighted by Crippen LogP contribution is -2.41. The Bertz CT molecular complexity index is 591. The van der Waals surface area contributed by atoms with Crippen molar-refractivity contribution in [2.75, 3.05) is 23.5 Å². The van der Waals surface area contributed by atoms with E-state index in [4.69, 9.17) is 5.73 Å². The van der Waals surface area contributed by atoms with Gasteiger partial charge in [-0.15, -0.1) is 0 Å². The Morgan fingerprint density at radius 1 is 1.25 bits per heavy atom. The van der Waals surface area contributed by atoms with E-state index < -0.39 is 10.2 Å². The maximum Gasteiger partial charge on any atom is 0.301 e. The van der Waals surface area contributed by atoms with Crippen molar-refractivity contribution in [2.24, 2.45) is 5.92 Å². The third kappa shape index (κ3) is 3.07. The molecule has 1 aliphatic rings. The van der Waals surface area contributed by atoms with Crippen LogP contribution in [0.4, 0.5) is 11.4 Å². The van der Waals surface area contributed by atoms with Gasteiger partial charge in [0.15, 0.2) is 0 Å². The van der Waals surface area contributed by atoms with Crippen molar-refractivity contribution >= 4 is 21.6 Å². The molecule has 1 aromatic rings. The van der Waals surface area contributed by atoms with E-state index >= 15 is 0 Å². The minimum Gasteiger partial charge on any atom is -0.397 e. The molecule has 1 fully saturated rings. The van der Waals surface area contributed by atoms with Gasteiger partial charge in [0.1, 0.15) is 0 Å². The number of aryl methyl sites for hydroxylation is 1. The second-order valence-electron chi connectivity index (χ2n) is 5.66. The molecule has 1 heterocycles. The van der Waals surface area contributed by atoms with Gasteiger partial charge in [-0.1, -0.05) is 13.0 Å². The summed E-state index contributed by atoms with van der Waals surface area (Å²) in [5, 5.41) is 0. The van der Waals surface area contributed by atoms with Crippen molar-refractivity contribution in [1.82, 2.24) is 4.31 Å². The zero-order chi connectivity index (χ0) is 14.9. The monoisotopic (exact) mass is 297 g/mol. The zero-order valence-electron chi connectivity index (χ0n) is 12.3. The van der Waals surface area contributed by atoms with Gasteiger partial charge in [-0.2, -0.15) is 12.7 Å². The molecule has 0 unspecified atom stereocenters. The highest BCUT2D eigenvalue weighted by atomic mass is 32.2. The Balaban J connectivity index is 2.23. The Labute approximate surface area is 121 Å². The van der Waals surface area contributed by atoms with Gasteiger partial charge in [0.05, 0.1) is 11.4 Å². The molecule has 0 atom stereocenters. The van der Waals surface area contributed by atoms with E-state index in [0.29, 0.717) is 30.4 Å². The summed E-state index contributed by atoms with van der Waals surface area (Å²) < 4.78 is 29.0. The molecule has 1 aliphatic heterocycles. The molecule has 0 aromatic heterocycles. The zero-order valence-corrected chi connectivity index (χ0v) is 13.1. The number of nitrogen functional groups attached to an aromatic ring is 1. The molecule has 0 bridgehead atoms. The highest BCUT2D eigenvalue weighted by Gasteiger charge is 2.27. The fourth-order valence-electron chi connectivity index (χ4n) is 2.39. The lowest BCUT2D eigenvalue weighted by Gasteiger charge is -2.30. The summed E-state index contributed by atoms with van der Waals surface area (Å²) >= 11 is 0. The maximum absolute atomic E-state index is 12.4. The van der Waals surface area contributed by atoms with Crippen LogP contribution in [-0.2, 0) is 10.2 Å². The normalized spacial score (nSPS) is 18.1. The third-order valence-corrected chi connectivity index (χ3v) is 5.59. The number of nitrogens with zero attached hydrogens (tertiary/aromatic N) is 1. The average molecular weight is 297 g/mol. The number of rotatable bonds is 3. The van der Waals surface area contributed by atoms with Gasteiger partial charge >= 0.3 is 10.2 Å². The van der Waals surface area contributed by atoms with Gasteiger partial charge in [0.2, 0.25) is 0 Å². The summed E-state index contributed by atoms with van der Waals surface area (Å²) in [7, 11) is -3.52. The molecule has 0 radical (unpaired) electrons. The summed E-state index contributed by atoms with van der Waals surface area (Å²) in [6, 6.07) is 3.63. The summed E-state index contributed by atoms with van der Waals surface area (Å²) in [6.45, 7) is 7.11. The van der Waals surface area contributed by atoms with E-state index in [9.17, 15) is 8.42 Å². The van der Waals surface area contributed by atoms with Crippen LogP contribution in [0.15, 0.2) is 12.1 Å². The molecule has 112 valence electrons. The number of anilines is 2. The van der Waals surface area contributed by atoms with E-state index in [2.05, 4.69) is 11.6 Å². The lowest BCUT2D eigenvalue weighted by atomic mass is 10.0. The van der Waals surface area contributed by atoms with Crippen LogP contribution in [0, 0.1) is 19.8 Å². The van der Waals surface area contributed by atoms with Gasteiger partial charge < -0.3 is 5.73 Å². The second kappa shape index (κ2) is 5.61. The molecule has 1 aromatic carbocycles. The first-order chi connectivity index (χ1) is 9.31. The van der Waals surface area contributed by atoms with Crippen LogP contribution in [0.2, 0.25) is 0 Å². The number of nitrogens with one attached hydrogen (secondary N) is 1. The van der Waals surface area contributed by atoms with Crippen molar-refractivity contribution < 1.29 is 8.42 Å². The van der Waals surface area contributed by atoms with Gasteiger partial charge in [-0.25, -0.2) is 0 Å². The summed E-state index contributed by atoms with van der Waals surface area (Å²) in [5.74, 6) is 0.590. The van der Waals surface area contributed by atoms with Crippen LogP contribution in [0.1, 0.15) is 30.9 Å². The molecule has 1 saturated heterocycles. The predicted molar refractivity (Wildman–Crippen MR) is 82.8 cm³/mol. The van der Waals surface area contributed by atoms with E-state index in [0.717, 1.165) is 24.0 Å². The van der Waals surface area contributed by atoms with Gasteiger partial charge in [0, 0.05) is 13.1 Å². The molecule has 5 nitrogen and oxygen atoms in total. The highest BCUT2D eigenvalue weighted by Crippen LogP contribution is 2.28. The molecule has 0 amide bonds. The molecule has 2 rings (SSSR count). The van der Waals surface area contributed by atoms with Crippen molar-refractivity contribution in [3.63, 3.8) is 0 Å². The van der Waals surface area contributed by atoms with E-state index in [1.54, 1.807) is 6.07 Å². The number of piperidine rings is 1. The topological polar surface area (TPSA) is 75.4 Å². The first kappa shape index (κ1) is 15.1. The Morgan fingerprint density at radius 3 is 2.45 bits per heavy atom. The quantitative estimate of drug-likeness (QED) is 0.840. The predicted octanol–water partition coefficient (Wildman–Crippen LogP) is 2.27. The minimum absolute atomic E-state index is 0.460. The van der Waals surface area contributed by atoms with Gasteiger partial charge in [0.25, 0.3) is 0 Å². The van der Waals surface area contributed by atoms with Crippen molar-refractivity contribution in [2.45, 2.75) is 33.6 Å². The van der Waals surface area contributed by atoms with Crippen LogP contribution in [0.25, 0.3) is 0 Å². The molecule has 0 saturated carbocycles. The van der Waals surface area contributed by atoms with E-state index in [1.165, 1.54) is 4.31 Å². The number of benzene rings is 1. The summed E-state index contributed by atoms with van der Waals surface area (Å²) in [5.41, 5.74) is 8.76. The number of hydrogen-bond acceptors (Lipinski definition) is 3. The summed E-state index contributed by atoms with van der Waals surface area (Å²) in [4.78, 5) is 0. The fourth-order valence-corrected chi connectivity index (χ4v) is 3.74. The minimum atomic E-state index is -3.52. The number of hydrogen-bond donors (Lipinski definition) is 2. The van der Waals surface area contributed by atoms with Crippen LogP contribution < -0.4 is 10.5 Å². The smallest absolute Gasteiger partial charge is 0.301 e. The molecule has 6 heteroatoms. The Kier molecular flexibility index (Phi) is 4.25. The fraction of sp³-hybridized carbons (Fsp3) is 0.571. The van der Waals surface area contributed by atoms with Crippen LogP contribution in [0.3, 0.4) is 0 Å². The largest absolute Gasteiger partial charge is 0.397 e. The highest BCUT2D eigenvalue weighted by molar-refractivity contribution is 7.90.